The van der Waals surface area contributed by atoms with Crippen LogP contribution in [0.4, 0.5) is 0 Å². The maximum absolute atomic E-state index is 13.5. The number of para-hydroxylation sites is 2. The van der Waals surface area contributed by atoms with Gasteiger partial charge in [0, 0.05) is 40.6 Å². The molecule has 12 heteroatoms. The van der Waals surface area contributed by atoms with E-state index in [1.165, 1.54) is 0 Å². The number of aliphatic hydroxyl groups is 1. The van der Waals surface area contributed by atoms with Crippen molar-refractivity contribution in [3.8, 4) is 0 Å². The number of rotatable bonds is 14. The van der Waals surface area contributed by atoms with E-state index in [4.69, 9.17) is 5.73 Å². The molecule has 0 saturated carbocycles. The fraction of sp³-hybridized carbons (Fsp3) is 0.355. The topological polar surface area (TPSA) is 202 Å². The Morgan fingerprint density at radius 1 is 0.744 bits per heavy atom. The highest BCUT2D eigenvalue weighted by Crippen LogP contribution is 2.21. The van der Waals surface area contributed by atoms with Gasteiger partial charge >= 0.3 is 5.97 Å². The third kappa shape index (κ3) is 7.79. The van der Waals surface area contributed by atoms with E-state index in [2.05, 4.69) is 25.9 Å². The Morgan fingerprint density at radius 2 is 1.23 bits per heavy atom. The minimum atomic E-state index is -1.44. The highest BCUT2D eigenvalue weighted by molar-refractivity contribution is 5.95. The minimum absolute atomic E-state index is 0.0206. The molecule has 4 unspecified atom stereocenters. The number of fused-ring (bicyclic) bond motifs is 2. The number of aromatic nitrogens is 2. The number of amides is 3. The molecule has 0 fully saturated rings. The van der Waals surface area contributed by atoms with Crippen molar-refractivity contribution in [2.45, 2.75) is 57.3 Å². The molecule has 4 rings (SSSR count). The molecular formula is C31H38N6O6. The first-order chi connectivity index (χ1) is 20.6. The summed E-state index contributed by atoms with van der Waals surface area (Å²) in [7, 11) is 0. The standard InChI is InChI=1S/C31H38N6O6/c1-17(2)11-26(31(42)43)36-30(41)27(16-38)37-29(40)25(13-19-15-34-24-10-6-4-8-21(19)24)35-28(39)22(32)12-18-14-33-23-9-5-3-7-20(18)23/h3-10,14-15,17,22,25-27,33-34,38H,11-13,16,32H2,1-2H3,(H,35,39)(H,36,41)(H,37,40)(H,42,43). The van der Waals surface area contributed by atoms with Crippen molar-refractivity contribution >= 4 is 45.5 Å². The van der Waals surface area contributed by atoms with Crippen molar-refractivity contribution in [1.29, 1.82) is 0 Å². The summed E-state index contributed by atoms with van der Waals surface area (Å²) in [5, 5.41) is 28.8. The fourth-order valence-corrected chi connectivity index (χ4v) is 5.07. The van der Waals surface area contributed by atoms with Crippen molar-refractivity contribution in [3.05, 3.63) is 72.1 Å². The van der Waals surface area contributed by atoms with Crippen molar-refractivity contribution in [3.63, 3.8) is 0 Å². The Balaban J connectivity index is 1.51. The lowest BCUT2D eigenvalue weighted by molar-refractivity contribution is -0.143. The predicted octanol–water partition coefficient (Wildman–Crippen LogP) is 1.34. The molecule has 12 nitrogen and oxygen atoms in total. The molecule has 0 aliphatic carbocycles. The maximum Gasteiger partial charge on any atom is 0.326 e. The van der Waals surface area contributed by atoms with Gasteiger partial charge in [0.1, 0.15) is 18.1 Å². The summed E-state index contributed by atoms with van der Waals surface area (Å²) in [6.45, 7) is 2.85. The van der Waals surface area contributed by atoms with Crippen LogP contribution in [0.3, 0.4) is 0 Å². The van der Waals surface area contributed by atoms with Crippen LogP contribution in [0, 0.1) is 5.92 Å². The highest BCUT2D eigenvalue weighted by atomic mass is 16.4. The van der Waals surface area contributed by atoms with Gasteiger partial charge < -0.3 is 41.9 Å². The molecular weight excluding hydrogens is 552 g/mol. The van der Waals surface area contributed by atoms with Crippen molar-refractivity contribution in [2.75, 3.05) is 6.61 Å². The monoisotopic (exact) mass is 590 g/mol. The fourth-order valence-electron chi connectivity index (χ4n) is 5.07. The number of carboxylic acids is 1. The van der Waals surface area contributed by atoms with E-state index in [1.807, 2.05) is 62.4 Å². The summed E-state index contributed by atoms with van der Waals surface area (Å²) in [5.41, 5.74) is 9.64. The highest BCUT2D eigenvalue weighted by Gasteiger charge is 2.31. The number of carbonyl (C=O) groups is 4. The van der Waals surface area contributed by atoms with Gasteiger partial charge in [-0.1, -0.05) is 50.2 Å². The molecule has 228 valence electrons. The number of carboxylic acid groups (broad SMARTS) is 1. The van der Waals surface area contributed by atoms with Gasteiger partial charge in [0.2, 0.25) is 17.7 Å². The van der Waals surface area contributed by atoms with Crippen molar-refractivity contribution < 1.29 is 29.4 Å². The number of aliphatic carboxylic acids is 1. The Morgan fingerprint density at radius 3 is 1.77 bits per heavy atom. The van der Waals surface area contributed by atoms with Gasteiger partial charge in [0.05, 0.1) is 12.6 Å². The first kappa shape index (κ1) is 31.3. The van der Waals surface area contributed by atoms with Crippen molar-refractivity contribution in [2.24, 2.45) is 11.7 Å². The van der Waals surface area contributed by atoms with E-state index in [1.54, 1.807) is 12.4 Å². The van der Waals surface area contributed by atoms with Crippen LogP contribution in [0.1, 0.15) is 31.4 Å². The summed E-state index contributed by atoms with van der Waals surface area (Å²) in [6, 6.07) is 10.3. The van der Waals surface area contributed by atoms with Crippen LogP contribution in [-0.4, -0.2) is 74.6 Å². The summed E-state index contributed by atoms with van der Waals surface area (Å²) < 4.78 is 0. The molecule has 0 bridgehead atoms. The van der Waals surface area contributed by atoms with Crippen LogP contribution in [0.25, 0.3) is 21.8 Å². The Labute approximate surface area is 248 Å². The van der Waals surface area contributed by atoms with Gasteiger partial charge in [-0.05, 0) is 42.0 Å². The molecule has 4 atom stereocenters. The summed E-state index contributed by atoms with van der Waals surface area (Å²) in [6.07, 6.45) is 3.98. The molecule has 9 N–H and O–H groups in total. The number of benzene rings is 2. The maximum atomic E-state index is 13.5. The lowest BCUT2D eigenvalue weighted by Crippen LogP contribution is -2.58. The zero-order valence-electron chi connectivity index (χ0n) is 24.1. The quantitative estimate of drug-likeness (QED) is 0.108. The van der Waals surface area contributed by atoms with Gasteiger partial charge in [0.25, 0.3) is 0 Å². The first-order valence-electron chi connectivity index (χ1n) is 14.2. The number of hydrogen-bond donors (Lipinski definition) is 8. The largest absolute Gasteiger partial charge is 0.480 e. The van der Waals surface area contributed by atoms with Gasteiger partial charge in [-0.15, -0.1) is 0 Å². The number of hydrogen-bond acceptors (Lipinski definition) is 6. The molecule has 2 aromatic carbocycles. The second kappa shape index (κ2) is 14.0. The number of aliphatic hydroxyl groups excluding tert-OH is 1. The molecule has 0 aliphatic heterocycles. The van der Waals surface area contributed by atoms with E-state index in [0.717, 1.165) is 32.9 Å². The Bertz CT molecular complexity index is 1590. The average molecular weight is 591 g/mol. The summed E-state index contributed by atoms with van der Waals surface area (Å²) in [5.74, 6) is -3.40. The molecule has 0 spiro atoms. The molecule has 0 saturated heterocycles. The zero-order chi connectivity index (χ0) is 31.1. The lowest BCUT2D eigenvalue weighted by Gasteiger charge is -2.24. The van der Waals surface area contributed by atoms with Gasteiger partial charge in [-0.25, -0.2) is 4.79 Å². The molecule has 3 amide bonds. The smallest absolute Gasteiger partial charge is 0.326 e. The SMILES string of the molecule is CC(C)CC(NC(=O)C(CO)NC(=O)C(Cc1c[nH]c2ccccc12)NC(=O)C(N)Cc1c[nH]c2ccccc12)C(=O)O. The van der Waals surface area contributed by atoms with Crippen LogP contribution in [-0.2, 0) is 32.0 Å². The predicted molar refractivity (Wildman–Crippen MR) is 162 cm³/mol. The van der Waals surface area contributed by atoms with E-state index < -0.39 is 54.5 Å². The molecule has 4 aromatic rings. The molecule has 43 heavy (non-hydrogen) atoms. The van der Waals surface area contributed by atoms with Crippen LogP contribution in [0.2, 0.25) is 0 Å². The number of carbonyl (C=O) groups excluding carboxylic acids is 3. The zero-order valence-corrected chi connectivity index (χ0v) is 24.1. The van der Waals surface area contributed by atoms with E-state index >= 15 is 0 Å². The van der Waals surface area contributed by atoms with Crippen LogP contribution >= 0.6 is 0 Å². The molecule has 2 heterocycles. The third-order valence-electron chi connectivity index (χ3n) is 7.32. The van der Waals surface area contributed by atoms with Crippen molar-refractivity contribution in [1.82, 2.24) is 25.9 Å². The first-order valence-corrected chi connectivity index (χ1v) is 14.2. The van der Waals surface area contributed by atoms with E-state index in [0.29, 0.717) is 0 Å². The van der Waals surface area contributed by atoms with Crippen LogP contribution in [0.15, 0.2) is 60.9 Å². The second-order valence-electron chi connectivity index (χ2n) is 11.1. The van der Waals surface area contributed by atoms with Gasteiger partial charge in [-0.3, -0.25) is 14.4 Å². The average Bonchev–Trinajstić information content (AvgIpc) is 3.58. The second-order valence-corrected chi connectivity index (χ2v) is 11.1. The number of nitrogens with two attached hydrogens (primary N) is 1. The van der Waals surface area contributed by atoms with Crippen LogP contribution in [0.5, 0.6) is 0 Å². The van der Waals surface area contributed by atoms with Gasteiger partial charge in [0.15, 0.2) is 0 Å². The summed E-state index contributed by atoms with van der Waals surface area (Å²) >= 11 is 0. The number of aromatic amines is 2. The Kier molecular flexibility index (Phi) is 10.2. The number of H-pyrrole nitrogens is 2. The number of nitrogens with one attached hydrogen (secondary N) is 5. The van der Waals surface area contributed by atoms with E-state index in [-0.39, 0.29) is 25.2 Å². The third-order valence-corrected chi connectivity index (χ3v) is 7.32. The van der Waals surface area contributed by atoms with E-state index in [9.17, 15) is 29.4 Å². The minimum Gasteiger partial charge on any atom is -0.480 e. The molecule has 0 aliphatic rings. The molecule has 0 radical (unpaired) electrons. The molecule has 2 aromatic heterocycles. The Hall–Kier alpha value is -4.68. The lowest BCUT2D eigenvalue weighted by atomic mass is 10.0. The normalized spacial score (nSPS) is 14.3. The van der Waals surface area contributed by atoms with Crippen LogP contribution < -0.4 is 21.7 Å². The summed E-state index contributed by atoms with van der Waals surface area (Å²) in [4.78, 5) is 57.6. The van der Waals surface area contributed by atoms with Gasteiger partial charge in [-0.2, -0.15) is 0 Å².